The fourth-order valence-corrected chi connectivity index (χ4v) is 5.56. The molecule has 0 bridgehead atoms. The largest absolute Gasteiger partial charge is 0.493 e. The monoisotopic (exact) mass is 588 g/mol. The van der Waals surface area contributed by atoms with Gasteiger partial charge in [-0.15, -0.1) is 0 Å². The Hall–Kier alpha value is -3.80. The van der Waals surface area contributed by atoms with Crippen molar-refractivity contribution in [3.05, 3.63) is 83.4 Å². The summed E-state index contributed by atoms with van der Waals surface area (Å²) in [6.07, 6.45) is -6.28. The molecule has 2 saturated heterocycles. The maximum Gasteiger partial charge on any atom is 0.403 e. The lowest BCUT2D eigenvalue weighted by molar-refractivity contribution is -0.177. The van der Waals surface area contributed by atoms with E-state index in [9.17, 15) is 27.9 Å². The summed E-state index contributed by atoms with van der Waals surface area (Å²) in [6.45, 7) is 0.0324. The second-order valence-corrected chi connectivity index (χ2v) is 10.5. The number of aromatic carboxylic acids is 1. The number of carbonyl (C=O) groups excluding carboxylic acids is 1. The Bertz CT molecular complexity index is 1410. The molecule has 0 saturated carbocycles. The number of carbonyl (C=O) groups is 2. The van der Waals surface area contributed by atoms with Gasteiger partial charge in [-0.3, -0.25) is 15.4 Å². The highest BCUT2D eigenvalue weighted by Gasteiger charge is 2.52. The Morgan fingerprint density at radius 1 is 1.05 bits per heavy atom. The van der Waals surface area contributed by atoms with Crippen molar-refractivity contribution in [2.24, 2.45) is 11.8 Å². The highest BCUT2D eigenvalue weighted by Crippen LogP contribution is 2.38. The average molecular weight is 589 g/mol. The smallest absolute Gasteiger partial charge is 0.403 e. The molecule has 2 aliphatic heterocycles. The molecule has 3 aromatic rings. The minimum Gasteiger partial charge on any atom is -0.493 e. The van der Waals surface area contributed by atoms with E-state index in [0.717, 1.165) is 0 Å². The first-order valence-electron chi connectivity index (χ1n) is 13.1. The summed E-state index contributed by atoms with van der Waals surface area (Å²) in [5, 5.41) is 21.3. The van der Waals surface area contributed by atoms with E-state index in [1.807, 2.05) is 6.07 Å². The summed E-state index contributed by atoms with van der Waals surface area (Å²) in [5.41, 5.74) is 1.89. The molecule has 5 rings (SSSR count). The Balaban J connectivity index is 1.31. The molecule has 0 spiro atoms. The third-order valence-corrected chi connectivity index (χ3v) is 7.55. The number of benzene rings is 3. The van der Waals surface area contributed by atoms with Crippen molar-refractivity contribution in [3.63, 3.8) is 0 Å². The van der Waals surface area contributed by atoms with Crippen LogP contribution in [0.2, 0.25) is 5.02 Å². The number of rotatable bonds is 8. The van der Waals surface area contributed by atoms with E-state index in [2.05, 4.69) is 21.3 Å². The third-order valence-electron chi connectivity index (χ3n) is 7.31. The van der Waals surface area contributed by atoms with Crippen molar-refractivity contribution in [3.8, 4) is 16.9 Å². The van der Waals surface area contributed by atoms with Crippen LogP contribution in [-0.2, 0) is 4.79 Å². The standard InChI is InChI=1S/C29H28ClF3N4O4/c30-19-9-10-22(21(15-19)16-5-4-6-18(13-16)27(39)40)41-12-11-17-14-23(29(31,32)33)35-25-24(17)26(38)37-28(36-25)34-20-7-2-1-3-8-20/h1-10,13,15,17,23-25,28,34-36H,11-12,14H2,(H,37,38)(H,39,40). The number of carboxylic acid groups (broad SMARTS) is 1. The van der Waals surface area contributed by atoms with Gasteiger partial charge >= 0.3 is 12.1 Å². The van der Waals surface area contributed by atoms with Crippen molar-refractivity contribution >= 4 is 29.2 Å². The highest BCUT2D eigenvalue weighted by molar-refractivity contribution is 6.31. The molecule has 2 aliphatic rings. The number of para-hydroxylation sites is 1. The molecule has 0 radical (unpaired) electrons. The number of hydrogen-bond acceptors (Lipinski definition) is 6. The van der Waals surface area contributed by atoms with Crippen LogP contribution in [0.25, 0.3) is 11.1 Å². The summed E-state index contributed by atoms with van der Waals surface area (Å²) in [4.78, 5) is 24.6. The van der Waals surface area contributed by atoms with Crippen LogP contribution in [0.4, 0.5) is 18.9 Å². The van der Waals surface area contributed by atoms with Gasteiger partial charge in [0, 0.05) is 16.3 Å². The molecule has 216 valence electrons. The van der Waals surface area contributed by atoms with Gasteiger partial charge in [-0.2, -0.15) is 13.2 Å². The quantitative estimate of drug-likeness (QED) is 0.250. The van der Waals surface area contributed by atoms with Gasteiger partial charge in [0.05, 0.1) is 24.3 Å². The first kappa shape index (κ1) is 28.7. The van der Waals surface area contributed by atoms with Crippen molar-refractivity contribution < 1.29 is 32.6 Å². The number of carboxylic acids is 1. The summed E-state index contributed by atoms with van der Waals surface area (Å²) in [5.74, 6) is -2.45. The van der Waals surface area contributed by atoms with E-state index >= 15 is 0 Å². The summed E-state index contributed by atoms with van der Waals surface area (Å²) in [7, 11) is 0. The van der Waals surface area contributed by atoms with E-state index in [4.69, 9.17) is 16.3 Å². The van der Waals surface area contributed by atoms with Crippen LogP contribution in [-0.4, -0.2) is 48.3 Å². The zero-order valence-electron chi connectivity index (χ0n) is 21.6. The van der Waals surface area contributed by atoms with E-state index in [0.29, 0.717) is 27.6 Å². The van der Waals surface area contributed by atoms with Crippen LogP contribution in [0.15, 0.2) is 72.8 Å². The molecule has 8 nitrogen and oxygen atoms in total. The van der Waals surface area contributed by atoms with E-state index in [-0.39, 0.29) is 30.9 Å². The molecular weight excluding hydrogens is 561 g/mol. The predicted octanol–water partition coefficient (Wildman–Crippen LogP) is 5.07. The van der Waals surface area contributed by atoms with Crippen molar-refractivity contribution in [2.45, 2.75) is 37.5 Å². The van der Waals surface area contributed by atoms with Crippen LogP contribution in [0.5, 0.6) is 5.75 Å². The Morgan fingerprint density at radius 3 is 2.56 bits per heavy atom. The van der Waals surface area contributed by atoms with Crippen molar-refractivity contribution in [1.82, 2.24) is 16.0 Å². The second kappa shape index (κ2) is 12.0. The molecule has 3 aromatic carbocycles. The summed E-state index contributed by atoms with van der Waals surface area (Å²) < 4.78 is 47.6. The maximum atomic E-state index is 13.9. The molecule has 0 aromatic heterocycles. The number of ether oxygens (including phenoxy) is 1. The van der Waals surface area contributed by atoms with Gasteiger partial charge in [-0.25, -0.2) is 4.79 Å². The van der Waals surface area contributed by atoms with Gasteiger partial charge in [-0.05, 0) is 66.8 Å². The van der Waals surface area contributed by atoms with E-state index in [1.54, 1.807) is 54.6 Å². The average Bonchev–Trinajstić information content (AvgIpc) is 2.93. The number of anilines is 1. The number of amides is 1. The zero-order valence-corrected chi connectivity index (χ0v) is 22.4. The highest BCUT2D eigenvalue weighted by atomic mass is 35.5. The zero-order chi connectivity index (χ0) is 29.1. The van der Waals surface area contributed by atoms with Gasteiger partial charge in [0.2, 0.25) is 5.91 Å². The molecule has 2 heterocycles. The van der Waals surface area contributed by atoms with Crippen LogP contribution in [0, 0.1) is 11.8 Å². The first-order valence-corrected chi connectivity index (χ1v) is 13.4. The van der Waals surface area contributed by atoms with Gasteiger partial charge < -0.3 is 20.5 Å². The molecule has 5 N–H and O–H groups in total. The van der Waals surface area contributed by atoms with Crippen LogP contribution >= 0.6 is 11.6 Å². The predicted molar refractivity (Wildman–Crippen MR) is 147 cm³/mol. The number of alkyl halides is 3. The molecule has 12 heteroatoms. The van der Waals surface area contributed by atoms with Crippen LogP contribution in [0.3, 0.4) is 0 Å². The lowest BCUT2D eigenvalue weighted by Gasteiger charge is -2.47. The van der Waals surface area contributed by atoms with Crippen LogP contribution in [0.1, 0.15) is 23.2 Å². The van der Waals surface area contributed by atoms with E-state index in [1.165, 1.54) is 12.1 Å². The first-order chi connectivity index (χ1) is 19.6. The normalized spacial score (nSPS) is 24.2. The molecule has 41 heavy (non-hydrogen) atoms. The van der Waals surface area contributed by atoms with Gasteiger partial charge in [0.1, 0.15) is 11.8 Å². The van der Waals surface area contributed by atoms with Gasteiger partial charge in [0.25, 0.3) is 0 Å². The van der Waals surface area contributed by atoms with Gasteiger partial charge in [-0.1, -0.05) is 41.9 Å². The van der Waals surface area contributed by atoms with Crippen molar-refractivity contribution in [1.29, 1.82) is 0 Å². The van der Waals surface area contributed by atoms with E-state index < -0.39 is 42.5 Å². The Morgan fingerprint density at radius 2 is 1.83 bits per heavy atom. The fraction of sp³-hybridized carbons (Fsp3) is 0.310. The SMILES string of the molecule is O=C(O)c1cccc(-c2cc(Cl)ccc2OCCC2CC(C(F)(F)F)NC3NC(Nc4ccccc4)NC(=O)C23)c1. The van der Waals surface area contributed by atoms with Crippen molar-refractivity contribution in [2.75, 3.05) is 11.9 Å². The lowest BCUT2D eigenvalue weighted by Crippen LogP contribution is -2.73. The molecule has 0 aliphatic carbocycles. The fourth-order valence-electron chi connectivity index (χ4n) is 5.38. The molecule has 1 amide bonds. The minimum absolute atomic E-state index is 0.0324. The van der Waals surface area contributed by atoms with Gasteiger partial charge in [0.15, 0.2) is 6.29 Å². The number of piperidine rings is 1. The number of halogens is 4. The Labute approximate surface area is 239 Å². The molecule has 5 atom stereocenters. The minimum atomic E-state index is -4.50. The lowest BCUT2D eigenvalue weighted by atomic mass is 9.77. The molecule has 5 unspecified atom stereocenters. The topological polar surface area (TPSA) is 112 Å². The number of hydrogen-bond donors (Lipinski definition) is 5. The second-order valence-electron chi connectivity index (χ2n) is 10.0. The number of nitrogens with one attached hydrogen (secondary N) is 4. The molecule has 2 fully saturated rings. The summed E-state index contributed by atoms with van der Waals surface area (Å²) in [6, 6.07) is 18.4. The molecular formula is C29H28ClF3N4O4. The van der Waals surface area contributed by atoms with Crippen LogP contribution < -0.4 is 26.0 Å². The summed E-state index contributed by atoms with van der Waals surface area (Å²) >= 11 is 6.20. The Kier molecular flexibility index (Phi) is 8.39. The maximum absolute atomic E-state index is 13.9. The third kappa shape index (κ3) is 6.75. The number of fused-ring (bicyclic) bond motifs is 1.